The molecule has 3 rings (SSSR count). The molecule has 1 unspecified atom stereocenters. The Hall–Kier alpha value is -3.11. The summed E-state index contributed by atoms with van der Waals surface area (Å²) < 4.78 is 49.6. The van der Waals surface area contributed by atoms with Crippen molar-refractivity contribution in [2.24, 2.45) is 0 Å². The molecule has 0 spiro atoms. The second kappa shape index (κ2) is 10.0. The molecule has 2 aromatic rings. The number of carbonyl (C=O) groups is 2. The Morgan fingerprint density at radius 2 is 1.50 bits per heavy atom. The van der Waals surface area contributed by atoms with Crippen molar-refractivity contribution in [1.82, 2.24) is 4.31 Å². The first-order valence-corrected chi connectivity index (χ1v) is 12.3. The molecule has 34 heavy (non-hydrogen) atoms. The van der Waals surface area contributed by atoms with E-state index < -0.39 is 33.5 Å². The van der Waals surface area contributed by atoms with E-state index in [0.717, 1.165) is 9.87 Å². The van der Waals surface area contributed by atoms with Crippen molar-refractivity contribution >= 4 is 22.0 Å². The number of benzene rings is 2. The van der Waals surface area contributed by atoms with Crippen molar-refractivity contribution < 1.29 is 37.0 Å². The molecule has 0 bridgehead atoms. The first-order valence-electron chi connectivity index (χ1n) is 10.8. The lowest BCUT2D eigenvalue weighted by Gasteiger charge is -2.52. The highest BCUT2D eigenvalue weighted by Gasteiger charge is 2.69. The molecule has 0 aromatic heterocycles. The minimum Gasteiger partial charge on any atom is -0.493 e. The molecule has 9 nitrogen and oxygen atoms in total. The quantitative estimate of drug-likeness (QED) is 0.389. The molecule has 0 amide bonds. The Labute approximate surface area is 199 Å². The van der Waals surface area contributed by atoms with Crippen LogP contribution in [0.25, 0.3) is 0 Å². The van der Waals surface area contributed by atoms with Crippen LogP contribution in [0, 0.1) is 6.92 Å². The number of methoxy groups -OCH3 is 2. The Bertz CT molecular complexity index is 1140. The fourth-order valence-corrected chi connectivity index (χ4v) is 5.92. The zero-order valence-electron chi connectivity index (χ0n) is 19.9. The summed E-state index contributed by atoms with van der Waals surface area (Å²) in [7, 11) is -1.38. The monoisotopic (exact) mass is 491 g/mol. The number of rotatable bonds is 9. The molecule has 0 N–H and O–H groups in total. The van der Waals surface area contributed by atoms with Gasteiger partial charge >= 0.3 is 11.9 Å². The number of nitrogens with zero attached hydrogens (tertiary/aromatic N) is 1. The number of sulfonamides is 1. The van der Waals surface area contributed by atoms with E-state index in [1.54, 1.807) is 44.2 Å². The average Bonchev–Trinajstić information content (AvgIpc) is 2.79. The second-order valence-corrected chi connectivity index (χ2v) is 9.56. The fraction of sp³-hybridized carbons (Fsp3) is 0.417. The maximum atomic E-state index is 13.9. The van der Waals surface area contributed by atoms with Crippen LogP contribution in [0.2, 0.25) is 0 Å². The number of carbonyl (C=O) groups excluding carboxylic acids is 2. The van der Waals surface area contributed by atoms with Gasteiger partial charge in [0.1, 0.15) is 0 Å². The highest BCUT2D eigenvalue weighted by Crippen LogP contribution is 2.52. The van der Waals surface area contributed by atoms with Crippen LogP contribution in [0.3, 0.4) is 0 Å². The molecular formula is C24H29NO8S. The van der Waals surface area contributed by atoms with Crippen molar-refractivity contribution in [3.05, 3.63) is 53.6 Å². The van der Waals surface area contributed by atoms with Crippen LogP contribution in [0.4, 0.5) is 0 Å². The van der Waals surface area contributed by atoms with Crippen LogP contribution in [0.15, 0.2) is 47.4 Å². The SMILES string of the molecule is CCOC(=O)C1(C(=O)OCC)CC(c2ccc(OC)c(OC)c2)N1S(=O)(=O)c1ccc(C)cc1. The Kier molecular flexibility index (Phi) is 7.52. The molecule has 0 radical (unpaired) electrons. The van der Waals surface area contributed by atoms with Gasteiger partial charge in [-0.05, 0) is 50.6 Å². The minimum atomic E-state index is -4.33. The van der Waals surface area contributed by atoms with Crippen LogP contribution in [0.5, 0.6) is 11.5 Å². The van der Waals surface area contributed by atoms with Gasteiger partial charge in [-0.1, -0.05) is 23.8 Å². The molecule has 1 heterocycles. The van der Waals surface area contributed by atoms with E-state index in [2.05, 4.69) is 0 Å². The summed E-state index contributed by atoms with van der Waals surface area (Å²) >= 11 is 0. The van der Waals surface area contributed by atoms with E-state index in [0.29, 0.717) is 17.1 Å². The maximum absolute atomic E-state index is 13.9. The van der Waals surface area contributed by atoms with E-state index in [9.17, 15) is 18.0 Å². The zero-order valence-corrected chi connectivity index (χ0v) is 20.7. The molecule has 1 atom stereocenters. The Morgan fingerprint density at radius 1 is 0.941 bits per heavy atom. The number of hydrogen-bond acceptors (Lipinski definition) is 8. The molecule has 1 saturated heterocycles. The number of esters is 2. The van der Waals surface area contributed by atoms with Crippen molar-refractivity contribution in [2.45, 2.75) is 43.7 Å². The Morgan fingerprint density at radius 3 is 2.00 bits per heavy atom. The highest BCUT2D eigenvalue weighted by molar-refractivity contribution is 7.89. The standard InChI is InChI=1S/C24H29NO8S/c1-6-32-22(26)24(23(27)33-7-2)15-19(17-10-13-20(30-4)21(14-17)31-5)25(24)34(28,29)18-11-8-16(3)9-12-18/h8-14,19H,6-7,15H2,1-5H3. The van der Waals surface area contributed by atoms with Gasteiger partial charge < -0.3 is 18.9 Å². The molecule has 184 valence electrons. The molecular weight excluding hydrogens is 462 g/mol. The summed E-state index contributed by atoms with van der Waals surface area (Å²) in [6.07, 6.45) is -0.148. The normalized spacial score (nSPS) is 17.4. The third-order valence-corrected chi connectivity index (χ3v) is 7.70. The molecule has 0 aliphatic carbocycles. The highest BCUT2D eigenvalue weighted by atomic mass is 32.2. The number of ether oxygens (including phenoxy) is 4. The third kappa shape index (κ3) is 4.23. The smallest absolute Gasteiger partial charge is 0.339 e. The van der Waals surface area contributed by atoms with Crippen LogP contribution in [-0.4, -0.2) is 57.6 Å². The van der Waals surface area contributed by atoms with Gasteiger partial charge in [0, 0.05) is 6.42 Å². The lowest BCUT2D eigenvalue weighted by Crippen LogP contribution is -2.72. The van der Waals surface area contributed by atoms with Crippen LogP contribution >= 0.6 is 0 Å². The summed E-state index contributed by atoms with van der Waals surface area (Å²) in [5.41, 5.74) is -0.758. The third-order valence-electron chi connectivity index (χ3n) is 5.74. The maximum Gasteiger partial charge on any atom is 0.339 e. The molecule has 1 aliphatic heterocycles. The predicted octanol–water partition coefficient (Wildman–Crippen LogP) is 3.01. The molecule has 2 aromatic carbocycles. The largest absolute Gasteiger partial charge is 0.493 e. The second-order valence-electron chi connectivity index (χ2n) is 7.75. The summed E-state index contributed by atoms with van der Waals surface area (Å²) in [6.45, 7) is 4.94. The van der Waals surface area contributed by atoms with Gasteiger partial charge in [-0.25, -0.2) is 18.0 Å². The van der Waals surface area contributed by atoms with Crippen LogP contribution in [0.1, 0.15) is 37.4 Å². The summed E-state index contributed by atoms with van der Waals surface area (Å²) in [5, 5.41) is 0. The van der Waals surface area contributed by atoms with Gasteiger partial charge in [-0.15, -0.1) is 0 Å². The summed E-state index contributed by atoms with van der Waals surface area (Å²) in [6, 6.07) is 10.3. The van der Waals surface area contributed by atoms with Crippen LogP contribution in [-0.2, 0) is 29.1 Å². The number of aryl methyl sites for hydroxylation is 1. The van der Waals surface area contributed by atoms with Gasteiger partial charge in [0.2, 0.25) is 15.6 Å². The predicted molar refractivity (Wildman–Crippen MR) is 123 cm³/mol. The fourth-order valence-electron chi connectivity index (χ4n) is 4.05. The summed E-state index contributed by atoms with van der Waals surface area (Å²) in [4.78, 5) is 26.2. The van der Waals surface area contributed by atoms with Crippen molar-refractivity contribution in [3.8, 4) is 11.5 Å². The van der Waals surface area contributed by atoms with Gasteiger partial charge in [-0.2, -0.15) is 4.31 Å². The average molecular weight is 492 g/mol. The zero-order chi connectivity index (χ0) is 25.1. The van der Waals surface area contributed by atoms with E-state index in [-0.39, 0.29) is 24.5 Å². The van der Waals surface area contributed by atoms with Crippen molar-refractivity contribution in [1.29, 1.82) is 0 Å². The van der Waals surface area contributed by atoms with E-state index in [1.165, 1.54) is 26.4 Å². The topological polar surface area (TPSA) is 108 Å². The van der Waals surface area contributed by atoms with Gasteiger partial charge in [0.25, 0.3) is 0 Å². The molecule has 0 saturated carbocycles. The molecule has 1 fully saturated rings. The Balaban J connectivity index is 2.21. The molecule has 1 aliphatic rings. The molecule has 10 heteroatoms. The van der Waals surface area contributed by atoms with Crippen molar-refractivity contribution in [2.75, 3.05) is 27.4 Å². The first kappa shape index (κ1) is 25.5. The first-order chi connectivity index (χ1) is 16.2. The van der Waals surface area contributed by atoms with E-state index >= 15 is 0 Å². The lowest BCUT2D eigenvalue weighted by atomic mass is 9.78. The van der Waals surface area contributed by atoms with Crippen molar-refractivity contribution in [3.63, 3.8) is 0 Å². The number of hydrogen-bond donors (Lipinski definition) is 0. The lowest BCUT2D eigenvalue weighted by molar-refractivity contribution is -0.184. The van der Waals surface area contributed by atoms with E-state index in [4.69, 9.17) is 18.9 Å². The minimum absolute atomic E-state index is 0.0283. The van der Waals surface area contributed by atoms with Gasteiger partial charge in [0.15, 0.2) is 11.5 Å². The van der Waals surface area contributed by atoms with E-state index in [1.807, 2.05) is 6.92 Å². The summed E-state index contributed by atoms with van der Waals surface area (Å²) in [5.74, 6) is -1.10. The van der Waals surface area contributed by atoms with Gasteiger partial charge in [0.05, 0.1) is 38.4 Å². The van der Waals surface area contributed by atoms with Crippen LogP contribution < -0.4 is 9.47 Å². The van der Waals surface area contributed by atoms with Gasteiger partial charge in [-0.3, -0.25) is 0 Å².